The number of hydrogen-bond acceptors (Lipinski definition) is 4. The van der Waals surface area contributed by atoms with Gasteiger partial charge in [-0.25, -0.2) is 4.98 Å². The smallest absolute Gasteiger partial charge is 0.161 e. The van der Waals surface area contributed by atoms with Crippen molar-refractivity contribution >= 4 is 11.0 Å². The van der Waals surface area contributed by atoms with E-state index >= 15 is 0 Å². The van der Waals surface area contributed by atoms with Crippen LogP contribution >= 0.6 is 0 Å². The molecule has 1 saturated heterocycles. The molecular formula is C23H27N3O2. The molecule has 1 aliphatic rings. The first-order valence-electron chi connectivity index (χ1n) is 9.77. The van der Waals surface area contributed by atoms with Crippen LogP contribution in [-0.4, -0.2) is 34.7 Å². The first-order chi connectivity index (χ1) is 13.7. The van der Waals surface area contributed by atoms with Gasteiger partial charge in [-0.2, -0.15) is 0 Å². The molecule has 0 N–H and O–H groups in total. The summed E-state index contributed by atoms with van der Waals surface area (Å²) in [6, 6.07) is 14.9. The van der Waals surface area contributed by atoms with E-state index in [9.17, 15) is 0 Å². The largest absolute Gasteiger partial charge is 0.493 e. The van der Waals surface area contributed by atoms with Crippen LogP contribution in [0, 0.1) is 0 Å². The molecule has 0 saturated carbocycles. The lowest BCUT2D eigenvalue weighted by Gasteiger charge is -2.24. The Hall–Kier alpha value is -2.79. The fourth-order valence-corrected chi connectivity index (χ4v) is 4.08. The number of aryl methyl sites for hydroxylation is 1. The van der Waals surface area contributed by atoms with E-state index < -0.39 is 0 Å². The number of para-hydroxylation sites is 2. The molecule has 0 amide bonds. The highest BCUT2D eigenvalue weighted by atomic mass is 16.5. The third-order valence-electron chi connectivity index (χ3n) is 5.45. The second-order valence-electron chi connectivity index (χ2n) is 7.23. The van der Waals surface area contributed by atoms with Crippen molar-refractivity contribution in [2.24, 2.45) is 7.05 Å². The number of likely N-dealkylation sites (tertiary alicyclic amines) is 1. The number of aromatic nitrogens is 2. The van der Waals surface area contributed by atoms with E-state index in [-0.39, 0.29) is 0 Å². The van der Waals surface area contributed by atoms with Gasteiger partial charge < -0.3 is 14.0 Å². The molecule has 28 heavy (non-hydrogen) atoms. The molecule has 0 unspecified atom stereocenters. The minimum Gasteiger partial charge on any atom is -0.493 e. The Balaban J connectivity index is 1.57. The zero-order chi connectivity index (χ0) is 19.5. The van der Waals surface area contributed by atoms with E-state index in [1.54, 1.807) is 13.2 Å². The molecular weight excluding hydrogens is 350 g/mol. The van der Waals surface area contributed by atoms with Gasteiger partial charge in [0.05, 0.1) is 24.2 Å². The van der Waals surface area contributed by atoms with Gasteiger partial charge in [-0.05, 0) is 49.2 Å². The minimum absolute atomic E-state index is 0.333. The third-order valence-corrected chi connectivity index (χ3v) is 5.45. The highest BCUT2D eigenvalue weighted by molar-refractivity contribution is 5.75. The molecule has 0 aliphatic carbocycles. The SMILES string of the molecule is C=CCOc1ccc(CN2CCC[C@@H]2c2nc3ccccc3n2C)cc1OC. The molecule has 1 aliphatic heterocycles. The maximum atomic E-state index is 5.67. The van der Waals surface area contributed by atoms with Crippen molar-refractivity contribution in [1.82, 2.24) is 14.5 Å². The average molecular weight is 377 g/mol. The van der Waals surface area contributed by atoms with Crippen molar-refractivity contribution in [1.29, 1.82) is 0 Å². The summed E-state index contributed by atoms with van der Waals surface area (Å²) in [6.07, 6.45) is 4.05. The predicted molar refractivity (Wildman–Crippen MR) is 112 cm³/mol. The molecule has 5 nitrogen and oxygen atoms in total. The van der Waals surface area contributed by atoms with E-state index in [4.69, 9.17) is 14.5 Å². The Labute approximate surface area is 166 Å². The van der Waals surface area contributed by atoms with Crippen LogP contribution in [0.25, 0.3) is 11.0 Å². The van der Waals surface area contributed by atoms with E-state index in [1.165, 1.54) is 17.5 Å². The number of ether oxygens (including phenoxy) is 2. The lowest BCUT2D eigenvalue weighted by Crippen LogP contribution is -2.24. The summed E-state index contributed by atoms with van der Waals surface area (Å²) >= 11 is 0. The third kappa shape index (κ3) is 3.50. The molecule has 2 heterocycles. The second-order valence-corrected chi connectivity index (χ2v) is 7.23. The number of rotatable bonds is 7. The molecule has 4 rings (SSSR count). The molecule has 1 atom stereocenters. The van der Waals surface area contributed by atoms with Gasteiger partial charge in [0, 0.05) is 13.6 Å². The standard InChI is InChI=1S/C23H27N3O2/c1-4-14-28-21-12-11-17(15-22(21)27-3)16-26-13-7-10-20(26)23-24-18-8-5-6-9-19(18)25(23)2/h4-6,8-9,11-12,15,20H,1,7,10,13-14,16H2,2-3H3/t20-/m1/s1. The molecule has 5 heteroatoms. The van der Waals surface area contributed by atoms with Crippen LogP contribution < -0.4 is 9.47 Å². The van der Waals surface area contributed by atoms with Crippen molar-refractivity contribution in [3.8, 4) is 11.5 Å². The Morgan fingerprint density at radius 2 is 2.07 bits per heavy atom. The van der Waals surface area contributed by atoms with Crippen LogP contribution in [0.4, 0.5) is 0 Å². The van der Waals surface area contributed by atoms with E-state index in [0.717, 1.165) is 42.4 Å². The quantitative estimate of drug-likeness (QED) is 0.569. The molecule has 3 aromatic rings. The van der Waals surface area contributed by atoms with Gasteiger partial charge in [0.25, 0.3) is 0 Å². The minimum atomic E-state index is 0.333. The van der Waals surface area contributed by atoms with Crippen LogP contribution in [0.1, 0.15) is 30.3 Å². The van der Waals surface area contributed by atoms with Crippen molar-refractivity contribution in [3.05, 3.63) is 66.5 Å². The summed E-state index contributed by atoms with van der Waals surface area (Å²) in [4.78, 5) is 7.45. The van der Waals surface area contributed by atoms with Crippen molar-refractivity contribution < 1.29 is 9.47 Å². The van der Waals surface area contributed by atoms with Crippen molar-refractivity contribution in [2.75, 3.05) is 20.3 Å². The van der Waals surface area contributed by atoms with Gasteiger partial charge in [0.1, 0.15) is 12.4 Å². The fraction of sp³-hybridized carbons (Fsp3) is 0.348. The van der Waals surface area contributed by atoms with Crippen LogP contribution in [0.3, 0.4) is 0 Å². The van der Waals surface area contributed by atoms with Gasteiger partial charge in [0.15, 0.2) is 11.5 Å². The molecule has 0 radical (unpaired) electrons. The van der Waals surface area contributed by atoms with Gasteiger partial charge >= 0.3 is 0 Å². The molecule has 2 aromatic carbocycles. The Morgan fingerprint density at radius 3 is 2.86 bits per heavy atom. The summed E-state index contributed by atoms with van der Waals surface area (Å²) in [5.41, 5.74) is 3.47. The predicted octanol–water partition coefficient (Wildman–Crippen LogP) is 4.48. The number of fused-ring (bicyclic) bond motifs is 1. The first-order valence-corrected chi connectivity index (χ1v) is 9.77. The maximum Gasteiger partial charge on any atom is 0.161 e. The van der Waals surface area contributed by atoms with E-state index in [1.807, 2.05) is 12.1 Å². The molecule has 0 bridgehead atoms. The lowest BCUT2D eigenvalue weighted by molar-refractivity contribution is 0.236. The number of nitrogens with zero attached hydrogens (tertiary/aromatic N) is 3. The summed E-state index contributed by atoms with van der Waals surface area (Å²) in [7, 11) is 3.80. The van der Waals surface area contributed by atoms with Crippen LogP contribution in [0.5, 0.6) is 11.5 Å². The van der Waals surface area contributed by atoms with E-state index in [2.05, 4.69) is 53.4 Å². The maximum absolute atomic E-state index is 5.67. The number of hydrogen-bond donors (Lipinski definition) is 0. The Kier molecular flexibility index (Phi) is 5.35. The zero-order valence-corrected chi connectivity index (χ0v) is 16.6. The van der Waals surface area contributed by atoms with Crippen molar-refractivity contribution in [2.45, 2.75) is 25.4 Å². The summed E-state index contributed by atoms with van der Waals surface area (Å²) < 4.78 is 13.4. The van der Waals surface area contributed by atoms with Gasteiger partial charge in [-0.1, -0.05) is 30.9 Å². The molecule has 1 fully saturated rings. The van der Waals surface area contributed by atoms with E-state index in [0.29, 0.717) is 12.6 Å². The summed E-state index contributed by atoms with van der Waals surface area (Å²) in [6.45, 7) is 6.11. The first kappa shape index (κ1) is 18.6. The molecule has 146 valence electrons. The molecule has 1 aromatic heterocycles. The number of imidazole rings is 1. The van der Waals surface area contributed by atoms with Gasteiger partial charge in [0.2, 0.25) is 0 Å². The van der Waals surface area contributed by atoms with Crippen molar-refractivity contribution in [3.63, 3.8) is 0 Å². The van der Waals surface area contributed by atoms with Crippen LogP contribution in [0.15, 0.2) is 55.1 Å². The monoisotopic (exact) mass is 377 g/mol. The summed E-state index contributed by atoms with van der Waals surface area (Å²) in [5.74, 6) is 2.66. The molecule has 0 spiro atoms. The average Bonchev–Trinajstić information content (AvgIpc) is 3.31. The number of benzene rings is 2. The lowest BCUT2D eigenvalue weighted by atomic mass is 10.1. The van der Waals surface area contributed by atoms with Gasteiger partial charge in [-0.15, -0.1) is 0 Å². The highest BCUT2D eigenvalue weighted by Gasteiger charge is 2.30. The van der Waals surface area contributed by atoms with Crippen LogP contribution in [0.2, 0.25) is 0 Å². The zero-order valence-electron chi connectivity index (χ0n) is 16.6. The normalized spacial score (nSPS) is 17.1. The Bertz CT molecular complexity index is 979. The topological polar surface area (TPSA) is 39.5 Å². The fourth-order valence-electron chi connectivity index (χ4n) is 4.08. The second kappa shape index (κ2) is 8.07. The highest BCUT2D eigenvalue weighted by Crippen LogP contribution is 2.35. The number of methoxy groups -OCH3 is 1. The Morgan fingerprint density at radius 1 is 1.21 bits per heavy atom. The summed E-state index contributed by atoms with van der Waals surface area (Å²) in [5, 5.41) is 0. The van der Waals surface area contributed by atoms with Gasteiger partial charge in [-0.3, -0.25) is 4.90 Å². The van der Waals surface area contributed by atoms with Crippen LogP contribution in [-0.2, 0) is 13.6 Å².